The van der Waals surface area contributed by atoms with E-state index in [1.54, 1.807) is 0 Å². The van der Waals surface area contributed by atoms with Crippen LogP contribution in [0.3, 0.4) is 0 Å². The molecule has 0 aromatic heterocycles. The predicted octanol–water partition coefficient (Wildman–Crippen LogP) is 5.19. The highest BCUT2D eigenvalue weighted by atomic mass is 16.2. The van der Waals surface area contributed by atoms with E-state index in [0.717, 1.165) is 51.5 Å². The van der Waals surface area contributed by atoms with Crippen LogP contribution in [0.1, 0.15) is 62.6 Å². The zero-order valence-electron chi connectivity index (χ0n) is 21.3. The van der Waals surface area contributed by atoms with Gasteiger partial charge in [0.25, 0.3) is 0 Å². The minimum atomic E-state index is -0.701. The van der Waals surface area contributed by atoms with E-state index in [0.29, 0.717) is 36.6 Å². The SMILES string of the molecule is CC(C)C[C@H]1CC(=O)N([C@]2(C(=O)NCCc3ccccc3)CC[C@H]3Cc4ccccc4C[C@@H]3C2)C1. The van der Waals surface area contributed by atoms with Crippen molar-refractivity contribution >= 4 is 11.8 Å². The summed E-state index contributed by atoms with van der Waals surface area (Å²) < 4.78 is 0. The van der Waals surface area contributed by atoms with Gasteiger partial charge in [-0.25, -0.2) is 0 Å². The topological polar surface area (TPSA) is 49.4 Å². The Morgan fingerprint density at radius 3 is 2.40 bits per heavy atom. The summed E-state index contributed by atoms with van der Waals surface area (Å²) in [5.41, 5.74) is 3.43. The van der Waals surface area contributed by atoms with Crippen molar-refractivity contribution in [2.45, 2.75) is 70.8 Å². The van der Waals surface area contributed by atoms with Gasteiger partial charge in [-0.1, -0.05) is 68.4 Å². The maximum absolute atomic E-state index is 14.0. The number of carbonyl (C=O) groups excluding carboxylic acids is 2. The van der Waals surface area contributed by atoms with E-state index in [1.165, 1.54) is 16.7 Å². The lowest BCUT2D eigenvalue weighted by Crippen LogP contribution is -2.63. The molecule has 4 nitrogen and oxygen atoms in total. The van der Waals surface area contributed by atoms with Crippen LogP contribution in [-0.4, -0.2) is 35.3 Å². The molecule has 2 aliphatic carbocycles. The molecule has 1 N–H and O–H groups in total. The van der Waals surface area contributed by atoms with Gasteiger partial charge in [-0.05, 0) is 85.3 Å². The molecular formula is C31H40N2O2. The molecule has 2 amide bonds. The Hall–Kier alpha value is -2.62. The third-order valence-corrected chi connectivity index (χ3v) is 8.77. The van der Waals surface area contributed by atoms with Crippen molar-refractivity contribution in [1.82, 2.24) is 10.2 Å². The van der Waals surface area contributed by atoms with Crippen molar-refractivity contribution in [3.63, 3.8) is 0 Å². The van der Waals surface area contributed by atoms with Crippen LogP contribution < -0.4 is 5.32 Å². The monoisotopic (exact) mass is 472 g/mol. The van der Waals surface area contributed by atoms with Crippen LogP contribution in [0.4, 0.5) is 0 Å². The third-order valence-electron chi connectivity index (χ3n) is 8.77. The molecule has 0 radical (unpaired) electrons. The molecule has 0 unspecified atom stereocenters. The third kappa shape index (κ3) is 5.03. The Morgan fingerprint density at radius 2 is 1.69 bits per heavy atom. The molecule has 1 aliphatic heterocycles. The molecule has 35 heavy (non-hydrogen) atoms. The van der Waals surface area contributed by atoms with E-state index < -0.39 is 5.54 Å². The lowest BCUT2D eigenvalue weighted by Gasteiger charge is -2.50. The van der Waals surface area contributed by atoms with Crippen LogP contribution in [0.25, 0.3) is 0 Å². The number of benzene rings is 2. The molecule has 3 aliphatic rings. The zero-order chi connectivity index (χ0) is 24.4. The molecule has 2 aromatic rings. The van der Waals surface area contributed by atoms with Gasteiger partial charge in [0.05, 0.1) is 0 Å². The van der Waals surface area contributed by atoms with E-state index in [9.17, 15) is 9.59 Å². The first-order valence-corrected chi connectivity index (χ1v) is 13.6. The van der Waals surface area contributed by atoms with Crippen LogP contribution in [-0.2, 0) is 28.9 Å². The largest absolute Gasteiger partial charge is 0.354 e. The van der Waals surface area contributed by atoms with Gasteiger partial charge in [-0.3, -0.25) is 9.59 Å². The Kier molecular flexibility index (Phi) is 7.00. The van der Waals surface area contributed by atoms with Crippen molar-refractivity contribution in [2.24, 2.45) is 23.7 Å². The van der Waals surface area contributed by atoms with E-state index in [-0.39, 0.29) is 11.8 Å². The van der Waals surface area contributed by atoms with Gasteiger partial charge in [-0.2, -0.15) is 0 Å². The fourth-order valence-electron chi connectivity index (χ4n) is 7.11. The number of nitrogens with one attached hydrogen (secondary N) is 1. The molecular weight excluding hydrogens is 432 g/mol. The Labute approximate surface area is 210 Å². The summed E-state index contributed by atoms with van der Waals surface area (Å²) in [6.07, 6.45) is 7.18. The highest BCUT2D eigenvalue weighted by Gasteiger charge is 2.54. The van der Waals surface area contributed by atoms with Crippen molar-refractivity contribution in [1.29, 1.82) is 0 Å². The molecule has 2 fully saturated rings. The van der Waals surface area contributed by atoms with Crippen molar-refractivity contribution in [3.05, 3.63) is 71.3 Å². The van der Waals surface area contributed by atoms with Gasteiger partial charge in [0.2, 0.25) is 11.8 Å². The quantitative estimate of drug-likeness (QED) is 0.603. The molecule has 0 bridgehead atoms. The summed E-state index contributed by atoms with van der Waals surface area (Å²) in [7, 11) is 0. The van der Waals surface area contributed by atoms with E-state index in [1.807, 2.05) is 23.1 Å². The second kappa shape index (κ2) is 10.2. The summed E-state index contributed by atoms with van der Waals surface area (Å²) in [5.74, 6) is 2.25. The molecule has 0 spiro atoms. The molecule has 5 rings (SSSR count). The number of likely N-dealkylation sites (tertiary alicyclic amines) is 1. The summed E-state index contributed by atoms with van der Waals surface area (Å²) in [6.45, 7) is 5.80. The summed E-state index contributed by atoms with van der Waals surface area (Å²) in [5, 5.41) is 3.28. The number of hydrogen-bond acceptors (Lipinski definition) is 2. The Morgan fingerprint density at radius 1 is 1.00 bits per heavy atom. The Bertz CT molecular complexity index is 1050. The highest BCUT2D eigenvalue weighted by molar-refractivity contribution is 5.92. The average molecular weight is 473 g/mol. The average Bonchev–Trinajstić information content (AvgIpc) is 3.22. The number of carbonyl (C=O) groups is 2. The van der Waals surface area contributed by atoms with Crippen LogP contribution >= 0.6 is 0 Å². The van der Waals surface area contributed by atoms with Gasteiger partial charge in [0.15, 0.2) is 0 Å². The normalized spacial score (nSPS) is 28.0. The van der Waals surface area contributed by atoms with E-state index in [2.05, 4.69) is 55.6 Å². The summed E-state index contributed by atoms with van der Waals surface area (Å²) >= 11 is 0. The van der Waals surface area contributed by atoms with Gasteiger partial charge < -0.3 is 10.2 Å². The van der Waals surface area contributed by atoms with Crippen LogP contribution in [0.2, 0.25) is 0 Å². The molecule has 1 saturated heterocycles. The standard InChI is InChI=1S/C31H40N2O2/c1-22(2)16-24-17-29(34)33(21-24)31(30(35)32-15-13-23-8-4-3-5-9-23)14-12-27-18-25-10-6-7-11-26(25)19-28(27)20-31/h3-11,22,24,27-28H,12-21H2,1-2H3,(H,32,35)/t24-,27-,28+,31+/m0/s1. The van der Waals surface area contributed by atoms with Crippen molar-refractivity contribution < 1.29 is 9.59 Å². The maximum atomic E-state index is 14.0. The molecule has 4 heteroatoms. The zero-order valence-corrected chi connectivity index (χ0v) is 21.3. The lowest BCUT2D eigenvalue weighted by atomic mass is 9.62. The summed E-state index contributed by atoms with van der Waals surface area (Å²) in [4.78, 5) is 29.4. The lowest BCUT2D eigenvalue weighted by molar-refractivity contribution is -0.149. The predicted molar refractivity (Wildman–Crippen MR) is 140 cm³/mol. The van der Waals surface area contributed by atoms with Crippen molar-refractivity contribution in [2.75, 3.05) is 13.1 Å². The molecule has 4 atom stereocenters. The summed E-state index contributed by atoms with van der Waals surface area (Å²) in [6, 6.07) is 19.1. The van der Waals surface area contributed by atoms with Crippen LogP contribution in [0.15, 0.2) is 54.6 Å². The van der Waals surface area contributed by atoms with Gasteiger partial charge >= 0.3 is 0 Å². The minimum absolute atomic E-state index is 0.0734. The van der Waals surface area contributed by atoms with Gasteiger partial charge in [0, 0.05) is 19.5 Å². The van der Waals surface area contributed by atoms with Gasteiger partial charge in [-0.15, -0.1) is 0 Å². The number of amides is 2. The fourth-order valence-corrected chi connectivity index (χ4v) is 7.11. The number of fused-ring (bicyclic) bond motifs is 2. The second-order valence-corrected chi connectivity index (χ2v) is 11.7. The van der Waals surface area contributed by atoms with Crippen molar-refractivity contribution in [3.8, 4) is 0 Å². The fraction of sp³-hybridized carbons (Fsp3) is 0.548. The number of hydrogen-bond donors (Lipinski definition) is 1. The van der Waals surface area contributed by atoms with E-state index in [4.69, 9.17) is 0 Å². The van der Waals surface area contributed by atoms with E-state index >= 15 is 0 Å². The first-order valence-electron chi connectivity index (χ1n) is 13.6. The first-order chi connectivity index (χ1) is 16.9. The molecule has 2 aromatic carbocycles. The van der Waals surface area contributed by atoms with Crippen LogP contribution in [0.5, 0.6) is 0 Å². The number of rotatable bonds is 7. The molecule has 186 valence electrons. The number of nitrogens with zero attached hydrogens (tertiary/aromatic N) is 1. The Balaban J connectivity index is 1.37. The van der Waals surface area contributed by atoms with Crippen LogP contribution in [0, 0.1) is 23.7 Å². The maximum Gasteiger partial charge on any atom is 0.246 e. The highest BCUT2D eigenvalue weighted by Crippen LogP contribution is 2.47. The first kappa shape index (κ1) is 24.1. The molecule has 1 heterocycles. The minimum Gasteiger partial charge on any atom is -0.354 e. The molecule has 1 saturated carbocycles. The van der Waals surface area contributed by atoms with Gasteiger partial charge in [0.1, 0.15) is 5.54 Å². The second-order valence-electron chi connectivity index (χ2n) is 11.7. The smallest absolute Gasteiger partial charge is 0.246 e.